The number of fused-ring (bicyclic) bond motifs is 4. The zero-order valence-corrected chi connectivity index (χ0v) is 22.5. The van der Waals surface area contributed by atoms with Gasteiger partial charge in [-0.1, -0.05) is 79.2 Å². The average Bonchev–Trinajstić information content (AvgIpc) is 3.35. The molecule has 37 heavy (non-hydrogen) atoms. The molecule has 1 atom stereocenters. The van der Waals surface area contributed by atoms with Gasteiger partial charge in [-0.25, -0.2) is 4.98 Å². The molecule has 3 aromatic rings. The van der Waals surface area contributed by atoms with Crippen LogP contribution in [0, 0.1) is 0 Å². The third-order valence-corrected chi connectivity index (χ3v) is 9.39. The Labute approximate surface area is 222 Å². The number of nitrogens with zero attached hydrogens (tertiary/aromatic N) is 2. The number of rotatable bonds is 5. The van der Waals surface area contributed by atoms with Crippen LogP contribution in [0.25, 0.3) is 11.3 Å². The van der Waals surface area contributed by atoms with Crippen molar-refractivity contribution in [2.75, 3.05) is 12.4 Å². The molecule has 1 saturated heterocycles. The molecule has 2 fully saturated rings. The van der Waals surface area contributed by atoms with Gasteiger partial charge >= 0.3 is 0 Å². The second-order valence-corrected chi connectivity index (χ2v) is 12.4. The van der Waals surface area contributed by atoms with E-state index in [9.17, 15) is 9.59 Å². The lowest BCUT2D eigenvalue weighted by Gasteiger charge is -2.40. The molecule has 1 saturated carbocycles. The zero-order valence-electron chi connectivity index (χ0n) is 21.7. The largest absolute Gasteiger partial charge is 0.375 e. The third kappa shape index (κ3) is 4.48. The molecule has 0 amide bonds. The standard InChI is InChI=1S/C31H34N2O3S/c1-30(2)19-23(14-17-36-30)33-28(35)26-27(32-29(33)37-20-25(34)21-10-4-3-5-11-21)24-13-7-6-12-22(24)18-31(26)15-8-9-16-31/h3-7,10-13,23H,8-9,14-20H2,1-2H3/t23-/m0/s1. The minimum Gasteiger partial charge on any atom is -0.375 e. The van der Waals surface area contributed by atoms with E-state index < -0.39 is 0 Å². The quantitative estimate of drug-likeness (QED) is 0.225. The molecule has 0 bridgehead atoms. The highest BCUT2D eigenvalue weighted by molar-refractivity contribution is 7.99. The zero-order chi connectivity index (χ0) is 25.6. The molecule has 2 aromatic carbocycles. The summed E-state index contributed by atoms with van der Waals surface area (Å²) in [5.74, 6) is 0.290. The first kappa shape index (κ1) is 24.6. The van der Waals surface area contributed by atoms with E-state index in [0.29, 0.717) is 17.3 Å². The highest BCUT2D eigenvalue weighted by atomic mass is 32.2. The second-order valence-electron chi connectivity index (χ2n) is 11.4. The molecular weight excluding hydrogens is 480 g/mol. The minimum absolute atomic E-state index is 0.000925. The molecule has 1 aromatic heterocycles. The van der Waals surface area contributed by atoms with Gasteiger partial charge < -0.3 is 4.74 Å². The summed E-state index contributed by atoms with van der Waals surface area (Å²) < 4.78 is 7.95. The van der Waals surface area contributed by atoms with E-state index in [4.69, 9.17) is 9.72 Å². The summed E-state index contributed by atoms with van der Waals surface area (Å²) >= 11 is 1.40. The molecule has 0 unspecified atom stereocenters. The Kier molecular flexibility index (Phi) is 6.36. The first-order valence-corrected chi connectivity index (χ1v) is 14.5. The molecule has 5 nitrogen and oxygen atoms in total. The molecule has 2 heterocycles. The molecule has 2 aliphatic carbocycles. The molecule has 3 aliphatic rings. The fraction of sp³-hybridized carbons (Fsp3) is 0.452. The SMILES string of the molecule is CC1(C)C[C@@H](n2c(SCC(=O)c3ccccc3)nc3c(c2=O)C2(CCCC2)Cc2ccccc2-3)CCO1. The van der Waals surface area contributed by atoms with Crippen molar-refractivity contribution >= 4 is 17.5 Å². The number of ether oxygens (including phenoxy) is 1. The van der Waals surface area contributed by atoms with Gasteiger partial charge in [-0.15, -0.1) is 0 Å². The fourth-order valence-corrected chi connectivity index (χ4v) is 7.66. The Balaban J connectivity index is 1.50. The number of carbonyl (C=O) groups is 1. The second kappa shape index (κ2) is 9.55. The number of hydrogen-bond donors (Lipinski definition) is 0. The summed E-state index contributed by atoms with van der Waals surface area (Å²) in [6.45, 7) is 4.80. The Morgan fingerprint density at radius 3 is 2.57 bits per heavy atom. The van der Waals surface area contributed by atoms with Crippen molar-refractivity contribution in [1.82, 2.24) is 9.55 Å². The fourth-order valence-electron chi connectivity index (χ4n) is 6.71. The van der Waals surface area contributed by atoms with Crippen molar-refractivity contribution < 1.29 is 9.53 Å². The molecule has 1 aliphatic heterocycles. The minimum atomic E-state index is -0.308. The first-order chi connectivity index (χ1) is 17.9. The Bertz CT molecular complexity index is 1390. The van der Waals surface area contributed by atoms with Crippen molar-refractivity contribution in [3.05, 3.63) is 81.6 Å². The van der Waals surface area contributed by atoms with Crippen molar-refractivity contribution in [3.63, 3.8) is 0 Å². The lowest BCUT2D eigenvalue weighted by molar-refractivity contribution is -0.0710. The lowest BCUT2D eigenvalue weighted by Crippen LogP contribution is -2.44. The van der Waals surface area contributed by atoms with Crippen LogP contribution in [0.5, 0.6) is 0 Å². The van der Waals surface area contributed by atoms with Gasteiger partial charge in [-0.2, -0.15) is 0 Å². The maximum Gasteiger partial charge on any atom is 0.258 e. The summed E-state index contributed by atoms with van der Waals surface area (Å²) in [5.41, 5.74) is 4.44. The van der Waals surface area contributed by atoms with Crippen LogP contribution in [0.2, 0.25) is 0 Å². The Morgan fingerprint density at radius 2 is 1.81 bits per heavy atom. The van der Waals surface area contributed by atoms with Gasteiger partial charge in [0.05, 0.1) is 22.6 Å². The van der Waals surface area contributed by atoms with Gasteiger partial charge in [0, 0.05) is 29.2 Å². The topological polar surface area (TPSA) is 61.2 Å². The highest BCUT2D eigenvalue weighted by Crippen LogP contribution is 2.50. The van der Waals surface area contributed by atoms with E-state index >= 15 is 0 Å². The van der Waals surface area contributed by atoms with Crippen LogP contribution < -0.4 is 5.56 Å². The van der Waals surface area contributed by atoms with E-state index in [2.05, 4.69) is 32.0 Å². The number of ketones is 1. The van der Waals surface area contributed by atoms with Crippen LogP contribution >= 0.6 is 11.8 Å². The molecule has 0 N–H and O–H groups in total. The summed E-state index contributed by atoms with van der Waals surface area (Å²) in [6.07, 6.45) is 6.78. The van der Waals surface area contributed by atoms with Gasteiger partial charge in [0.15, 0.2) is 10.9 Å². The summed E-state index contributed by atoms with van der Waals surface area (Å²) in [4.78, 5) is 32.9. The summed E-state index contributed by atoms with van der Waals surface area (Å²) in [6, 6.07) is 17.8. The van der Waals surface area contributed by atoms with E-state index in [1.54, 1.807) is 0 Å². The Morgan fingerprint density at radius 1 is 1.08 bits per heavy atom. The lowest BCUT2D eigenvalue weighted by atomic mass is 9.68. The van der Waals surface area contributed by atoms with Gasteiger partial charge in [-0.3, -0.25) is 14.2 Å². The first-order valence-electron chi connectivity index (χ1n) is 13.5. The van der Waals surface area contributed by atoms with Crippen LogP contribution in [0.3, 0.4) is 0 Å². The predicted molar refractivity (Wildman–Crippen MR) is 148 cm³/mol. The molecule has 6 rings (SSSR count). The number of thioether (sulfide) groups is 1. The molecular formula is C31H34N2O3S. The number of carbonyl (C=O) groups excluding carboxylic acids is 1. The van der Waals surface area contributed by atoms with Crippen molar-refractivity contribution in [3.8, 4) is 11.3 Å². The van der Waals surface area contributed by atoms with Gasteiger partial charge in [0.25, 0.3) is 5.56 Å². The monoisotopic (exact) mass is 514 g/mol. The number of aromatic nitrogens is 2. The van der Waals surface area contributed by atoms with Crippen LogP contribution in [-0.4, -0.2) is 33.3 Å². The molecule has 0 radical (unpaired) electrons. The van der Waals surface area contributed by atoms with Gasteiger partial charge in [0.1, 0.15) is 0 Å². The van der Waals surface area contributed by atoms with Crippen LogP contribution in [0.1, 0.15) is 79.9 Å². The predicted octanol–water partition coefficient (Wildman–Crippen LogP) is 6.38. The third-order valence-electron chi connectivity index (χ3n) is 8.44. The van der Waals surface area contributed by atoms with Crippen LogP contribution in [-0.2, 0) is 16.6 Å². The highest BCUT2D eigenvalue weighted by Gasteiger charge is 2.45. The number of Topliss-reactive ketones (excluding diaryl/α,β-unsaturated/α-hetero) is 1. The van der Waals surface area contributed by atoms with Crippen LogP contribution in [0.15, 0.2) is 64.5 Å². The summed E-state index contributed by atoms with van der Waals surface area (Å²) in [7, 11) is 0. The molecule has 6 heteroatoms. The maximum atomic E-state index is 14.6. The maximum absolute atomic E-state index is 14.6. The van der Waals surface area contributed by atoms with Crippen molar-refractivity contribution in [2.24, 2.45) is 0 Å². The van der Waals surface area contributed by atoms with Crippen molar-refractivity contribution in [1.29, 1.82) is 0 Å². The van der Waals surface area contributed by atoms with Gasteiger partial charge in [0.2, 0.25) is 0 Å². The normalized spacial score (nSPS) is 21.4. The Hall–Kier alpha value is -2.70. The smallest absolute Gasteiger partial charge is 0.258 e. The van der Waals surface area contributed by atoms with E-state index in [-0.39, 0.29) is 34.2 Å². The van der Waals surface area contributed by atoms with E-state index in [0.717, 1.165) is 61.8 Å². The van der Waals surface area contributed by atoms with E-state index in [1.165, 1.54) is 17.3 Å². The average molecular weight is 515 g/mol. The van der Waals surface area contributed by atoms with Crippen molar-refractivity contribution in [2.45, 2.75) is 81.0 Å². The van der Waals surface area contributed by atoms with Crippen LogP contribution in [0.4, 0.5) is 0 Å². The van der Waals surface area contributed by atoms with Gasteiger partial charge in [-0.05, 0) is 51.5 Å². The number of hydrogen-bond acceptors (Lipinski definition) is 5. The van der Waals surface area contributed by atoms with E-state index in [1.807, 2.05) is 41.0 Å². The molecule has 1 spiro atoms. The number of benzene rings is 2. The molecule has 192 valence electrons. The summed E-state index contributed by atoms with van der Waals surface area (Å²) in [5, 5.41) is 0.653.